The number of benzene rings is 1. The molecule has 10 nitrogen and oxygen atoms in total. The average Bonchev–Trinajstić information content (AvgIpc) is 3.43. The van der Waals surface area contributed by atoms with Crippen molar-refractivity contribution in [2.75, 3.05) is 71.3 Å². The van der Waals surface area contributed by atoms with E-state index in [0.717, 1.165) is 58.5 Å². The van der Waals surface area contributed by atoms with E-state index >= 15 is 4.39 Å². The predicted octanol–water partition coefficient (Wildman–Crippen LogP) is 3.29. The topological polar surface area (TPSA) is 105 Å². The van der Waals surface area contributed by atoms with Gasteiger partial charge in [-0.1, -0.05) is 6.07 Å². The molecule has 2 aliphatic rings. The van der Waals surface area contributed by atoms with Crippen LogP contribution in [-0.4, -0.2) is 106 Å². The smallest absolute Gasteiger partial charge is 0.383 e. The number of anilines is 1. The second-order valence-electron chi connectivity index (χ2n) is 10.6. The number of nitrogens with zero attached hydrogens (tertiary/aromatic N) is 7. The van der Waals surface area contributed by atoms with Gasteiger partial charge in [0, 0.05) is 69.7 Å². The lowest BCUT2D eigenvalue weighted by Crippen LogP contribution is -2.51. The van der Waals surface area contributed by atoms with Crippen molar-refractivity contribution in [3.05, 3.63) is 65.7 Å². The highest BCUT2D eigenvalue weighted by atomic mass is 19.4. The number of nitrogen functional groups attached to an aromatic ring is 1. The van der Waals surface area contributed by atoms with Crippen LogP contribution in [0.3, 0.4) is 0 Å². The summed E-state index contributed by atoms with van der Waals surface area (Å²) in [4.78, 5) is 27.5. The first kappa shape index (κ1) is 29.0. The van der Waals surface area contributed by atoms with Gasteiger partial charge < -0.3 is 15.4 Å². The molecule has 2 fully saturated rings. The lowest BCUT2D eigenvalue weighted by molar-refractivity contribution is -0.137. The van der Waals surface area contributed by atoms with Gasteiger partial charge in [-0.2, -0.15) is 18.3 Å². The molecule has 1 aromatic carbocycles. The first-order valence-electron chi connectivity index (χ1n) is 14.0. The zero-order valence-electron chi connectivity index (χ0n) is 23.2. The summed E-state index contributed by atoms with van der Waals surface area (Å²) < 4.78 is 62.2. The lowest BCUT2D eigenvalue weighted by atomic mass is 10.1. The Kier molecular flexibility index (Phi) is 7.99. The fourth-order valence-corrected chi connectivity index (χ4v) is 5.37. The van der Waals surface area contributed by atoms with Crippen LogP contribution >= 0.6 is 0 Å². The standard InChI is InChI=1S/C29H30F4N8O2/c30-23-16-19(1-2-21(23)28(42)40-9-7-38(8-10-40)5-6-39-11-13-43-14-12-39)25-18-35-26-4-3-24(37-41(25)26)20-15-22(29(31,32)33)27(34)36-17-20/h1-4,15-18H,5-14H2,(H2,34,36). The van der Waals surface area contributed by atoms with E-state index in [2.05, 4.69) is 24.9 Å². The molecule has 2 N–H and O–H groups in total. The van der Waals surface area contributed by atoms with Gasteiger partial charge in [0.15, 0.2) is 5.65 Å². The highest BCUT2D eigenvalue weighted by molar-refractivity contribution is 5.95. The number of piperazine rings is 1. The Morgan fingerprint density at radius 2 is 1.60 bits per heavy atom. The Balaban J connectivity index is 1.16. The van der Waals surface area contributed by atoms with E-state index in [-0.39, 0.29) is 22.7 Å². The van der Waals surface area contributed by atoms with Gasteiger partial charge in [0.1, 0.15) is 11.6 Å². The summed E-state index contributed by atoms with van der Waals surface area (Å²) in [6, 6.07) is 8.29. The maximum Gasteiger partial charge on any atom is 0.419 e. The van der Waals surface area contributed by atoms with Gasteiger partial charge in [0.25, 0.3) is 5.91 Å². The summed E-state index contributed by atoms with van der Waals surface area (Å²) in [5.41, 5.74) is 5.87. The Bertz CT molecular complexity index is 1630. The summed E-state index contributed by atoms with van der Waals surface area (Å²) in [5.74, 6) is -1.68. The molecule has 4 aromatic rings. The zero-order valence-corrected chi connectivity index (χ0v) is 23.2. The Morgan fingerprint density at radius 3 is 2.30 bits per heavy atom. The van der Waals surface area contributed by atoms with E-state index in [1.807, 2.05) is 0 Å². The summed E-state index contributed by atoms with van der Waals surface area (Å²) in [7, 11) is 0. The fourth-order valence-electron chi connectivity index (χ4n) is 5.37. The van der Waals surface area contributed by atoms with Crippen molar-refractivity contribution in [3.63, 3.8) is 0 Å². The quantitative estimate of drug-likeness (QED) is 0.338. The third-order valence-electron chi connectivity index (χ3n) is 7.87. The largest absolute Gasteiger partial charge is 0.419 e. The van der Waals surface area contributed by atoms with Crippen LogP contribution in [-0.2, 0) is 10.9 Å². The lowest BCUT2D eigenvalue weighted by Gasteiger charge is -2.36. The molecule has 3 aromatic heterocycles. The van der Waals surface area contributed by atoms with Crippen LogP contribution < -0.4 is 5.73 Å². The van der Waals surface area contributed by atoms with Crippen LogP contribution in [0, 0.1) is 5.82 Å². The van der Waals surface area contributed by atoms with E-state index in [1.165, 1.54) is 35.1 Å². The van der Waals surface area contributed by atoms with Crippen LogP contribution in [0.1, 0.15) is 15.9 Å². The molecule has 6 rings (SSSR count). The van der Waals surface area contributed by atoms with Crippen molar-refractivity contribution < 1.29 is 27.1 Å². The number of hydrogen-bond acceptors (Lipinski definition) is 8. The van der Waals surface area contributed by atoms with E-state index in [1.54, 1.807) is 17.0 Å². The second kappa shape index (κ2) is 11.9. The number of ether oxygens (including phenoxy) is 1. The van der Waals surface area contributed by atoms with Gasteiger partial charge in [-0.05, 0) is 30.3 Å². The minimum Gasteiger partial charge on any atom is -0.383 e. The number of halogens is 4. The van der Waals surface area contributed by atoms with Gasteiger partial charge in [0.05, 0.1) is 41.9 Å². The molecule has 0 atom stereocenters. The molecule has 2 aliphatic heterocycles. The molecule has 2 saturated heterocycles. The highest BCUT2D eigenvalue weighted by Crippen LogP contribution is 2.35. The minimum absolute atomic E-state index is 0.0272. The first-order chi connectivity index (χ1) is 20.7. The number of imidazole rings is 1. The molecule has 0 bridgehead atoms. The number of nitrogens with two attached hydrogens (primary N) is 1. The molecule has 0 spiro atoms. The summed E-state index contributed by atoms with van der Waals surface area (Å²) >= 11 is 0. The zero-order chi connectivity index (χ0) is 30.1. The number of rotatable bonds is 6. The van der Waals surface area contributed by atoms with Crippen molar-refractivity contribution in [2.45, 2.75) is 6.18 Å². The monoisotopic (exact) mass is 598 g/mol. The van der Waals surface area contributed by atoms with E-state index in [0.29, 0.717) is 30.0 Å². The third-order valence-corrected chi connectivity index (χ3v) is 7.87. The molecule has 0 aliphatic carbocycles. The third kappa shape index (κ3) is 6.17. The molecule has 0 radical (unpaired) electrons. The van der Waals surface area contributed by atoms with Gasteiger partial charge in [-0.3, -0.25) is 14.6 Å². The summed E-state index contributed by atoms with van der Waals surface area (Å²) in [5, 5.41) is 4.44. The van der Waals surface area contributed by atoms with E-state index in [9.17, 15) is 18.0 Å². The van der Waals surface area contributed by atoms with Gasteiger partial charge in [0.2, 0.25) is 0 Å². The number of carbonyl (C=O) groups excluding carboxylic acids is 1. The number of carbonyl (C=O) groups is 1. The van der Waals surface area contributed by atoms with Gasteiger partial charge >= 0.3 is 6.18 Å². The van der Waals surface area contributed by atoms with Crippen LogP contribution in [0.25, 0.3) is 28.2 Å². The fraction of sp³-hybridized carbons (Fsp3) is 0.379. The van der Waals surface area contributed by atoms with E-state index < -0.39 is 23.4 Å². The normalized spacial score (nSPS) is 17.1. The number of amides is 1. The Morgan fingerprint density at radius 1 is 0.884 bits per heavy atom. The van der Waals surface area contributed by atoms with Gasteiger partial charge in [-0.25, -0.2) is 18.9 Å². The van der Waals surface area contributed by atoms with Crippen LogP contribution in [0.15, 0.2) is 48.8 Å². The number of fused-ring (bicyclic) bond motifs is 1. The van der Waals surface area contributed by atoms with Crippen LogP contribution in [0.5, 0.6) is 0 Å². The van der Waals surface area contributed by atoms with Gasteiger partial charge in [-0.15, -0.1) is 0 Å². The van der Waals surface area contributed by atoms with Crippen molar-refractivity contribution >= 4 is 17.4 Å². The average molecular weight is 599 g/mol. The molecule has 1 amide bonds. The number of morpholine rings is 1. The van der Waals surface area contributed by atoms with Crippen molar-refractivity contribution in [1.29, 1.82) is 0 Å². The minimum atomic E-state index is -4.68. The highest BCUT2D eigenvalue weighted by Gasteiger charge is 2.34. The summed E-state index contributed by atoms with van der Waals surface area (Å²) in [6.07, 6.45) is -1.98. The molecule has 43 heavy (non-hydrogen) atoms. The number of aromatic nitrogens is 4. The molecule has 0 unspecified atom stereocenters. The number of hydrogen-bond donors (Lipinski definition) is 1. The number of alkyl halides is 3. The Hall–Kier alpha value is -4.14. The SMILES string of the molecule is Nc1ncc(-c2ccc3ncc(-c4ccc(C(=O)N5CCN(CCN6CCOCC6)CC5)c(F)c4)n3n2)cc1C(F)(F)F. The second-order valence-corrected chi connectivity index (χ2v) is 10.6. The predicted molar refractivity (Wildman–Crippen MR) is 151 cm³/mol. The van der Waals surface area contributed by atoms with Crippen molar-refractivity contribution in [1.82, 2.24) is 34.3 Å². The molecular weight excluding hydrogens is 568 g/mol. The van der Waals surface area contributed by atoms with E-state index in [4.69, 9.17) is 10.5 Å². The van der Waals surface area contributed by atoms with Crippen LogP contribution in [0.2, 0.25) is 0 Å². The first-order valence-corrected chi connectivity index (χ1v) is 14.0. The molecule has 5 heterocycles. The Labute approximate surface area is 244 Å². The molecule has 14 heteroatoms. The number of pyridine rings is 1. The van der Waals surface area contributed by atoms with Crippen molar-refractivity contribution in [3.8, 4) is 22.5 Å². The molecular formula is C29H30F4N8O2. The van der Waals surface area contributed by atoms with Crippen molar-refractivity contribution in [2.24, 2.45) is 0 Å². The molecule has 226 valence electrons. The maximum atomic E-state index is 15.3. The molecule has 0 saturated carbocycles. The summed E-state index contributed by atoms with van der Waals surface area (Å²) in [6.45, 7) is 7.73. The maximum absolute atomic E-state index is 15.3. The van der Waals surface area contributed by atoms with Crippen LogP contribution in [0.4, 0.5) is 23.4 Å².